The van der Waals surface area contributed by atoms with Crippen LogP contribution in [-0.4, -0.2) is 45.7 Å². The summed E-state index contributed by atoms with van der Waals surface area (Å²) in [7, 11) is 3.28. The second kappa shape index (κ2) is 7.26. The second-order valence-electron chi connectivity index (χ2n) is 4.68. The molecule has 1 saturated carbocycles. The Bertz CT molecular complexity index is 443. The van der Waals surface area contributed by atoms with E-state index in [1.54, 1.807) is 14.2 Å². The zero-order valence-corrected chi connectivity index (χ0v) is 13.3. The van der Waals surface area contributed by atoms with Crippen molar-refractivity contribution in [3.8, 4) is 11.5 Å². The molecule has 3 atom stereocenters. The van der Waals surface area contributed by atoms with Gasteiger partial charge in [0, 0.05) is 19.6 Å². The van der Waals surface area contributed by atoms with Crippen molar-refractivity contribution in [3.63, 3.8) is 0 Å². The molecule has 112 valence electrons. The van der Waals surface area contributed by atoms with Crippen molar-refractivity contribution in [2.24, 2.45) is 5.73 Å². The van der Waals surface area contributed by atoms with Gasteiger partial charge in [-0.15, -0.1) is 0 Å². The standard InChI is InChI=1S/C14H20BrNO4/c1-17-5-6-19-14-11(16)8-13(14)20-12-4-3-9(18-2)7-10(12)15/h3-4,7,11,13-14H,5-6,8,16H2,1-2H3. The Kier molecular flexibility index (Phi) is 5.65. The zero-order valence-electron chi connectivity index (χ0n) is 11.7. The summed E-state index contributed by atoms with van der Waals surface area (Å²) in [5.41, 5.74) is 5.96. The van der Waals surface area contributed by atoms with Crippen LogP contribution in [0.4, 0.5) is 0 Å². The van der Waals surface area contributed by atoms with E-state index in [-0.39, 0.29) is 18.2 Å². The SMILES string of the molecule is COCCOC1C(N)CC1Oc1ccc(OC)cc1Br. The van der Waals surface area contributed by atoms with E-state index in [1.807, 2.05) is 18.2 Å². The Morgan fingerprint density at radius 1 is 1.30 bits per heavy atom. The van der Waals surface area contributed by atoms with Gasteiger partial charge in [0.05, 0.1) is 24.8 Å². The molecular formula is C14H20BrNO4. The van der Waals surface area contributed by atoms with Crippen LogP contribution in [0.15, 0.2) is 22.7 Å². The summed E-state index contributed by atoms with van der Waals surface area (Å²) in [6.07, 6.45) is 0.682. The fourth-order valence-corrected chi connectivity index (χ4v) is 2.55. The Balaban J connectivity index is 1.92. The van der Waals surface area contributed by atoms with Gasteiger partial charge in [0.15, 0.2) is 0 Å². The quantitative estimate of drug-likeness (QED) is 0.765. The number of rotatable bonds is 7. The highest BCUT2D eigenvalue weighted by molar-refractivity contribution is 9.10. The highest BCUT2D eigenvalue weighted by Gasteiger charge is 2.41. The van der Waals surface area contributed by atoms with Crippen molar-refractivity contribution < 1.29 is 18.9 Å². The summed E-state index contributed by atoms with van der Waals surface area (Å²) >= 11 is 3.47. The molecule has 0 amide bonds. The van der Waals surface area contributed by atoms with Gasteiger partial charge < -0.3 is 24.7 Å². The Labute approximate surface area is 127 Å². The van der Waals surface area contributed by atoms with Crippen LogP contribution >= 0.6 is 15.9 Å². The molecule has 5 nitrogen and oxygen atoms in total. The number of hydrogen-bond donors (Lipinski definition) is 1. The van der Waals surface area contributed by atoms with E-state index in [0.717, 1.165) is 22.4 Å². The van der Waals surface area contributed by atoms with Crippen LogP contribution in [0.25, 0.3) is 0 Å². The molecular weight excluding hydrogens is 326 g/mol. The first-order valence-corrected chi connectivity index (χ1v) is 7.31. The summed E-state index contributed by atoms with van der Waals surface area (Å²) in [4.78, 5) is 0. The third-order valence-corrected chi connectivity index (χ3v) is 3.93. The van der Waals surface area contributed by atoms with Gasteiger partial charge in [0.2, 0.25) is 0 Å². The van der Waals surface area contributed by atoms with Crippen molar-refractivity contribution in [3.05, 3.63) is 22.7 Å². The minimum absolute atomic E-state index is 0.0217. The summed E-state index contributed by atoms with van der Waals surface area (Å²) in [5.74, 6) is 1.55. The molecule has 0 bridgehead atoms. The maximum absolute atomic E-state index is 5.96. The lowest BCUT2D eigenvalue weighted by Crippen LogP contribution is -2.59. The van der Waals surface area contributed by atoms with Crippen molar-refractivity contribution in [2.75, 3.05) is 27.4 Å². The molecule has 2 N–H and O–H groups in total. The molecule has 0 spiro atoms. The Hall–Kier alpha value is -0.820. The number of nitrogens with two attached hydrogens (primary N) is 1. The van der Waals surface area contributed by atoms with Gasteiger partial charge in [-0.3, -0.25) is 0 Å². The predicted octanol–water partition coefficient (Wildman–Crippen LogP) is 1.97. The van der Waals surface area contributed by atoms with Crippen LogP contribution in [0.1, 0.15) is 6.42 Å². The molecule has 1 aliphatic carbocycles. The number of benzene rings is 1. The van der Waals surface area contributed by atoms with Gasteiger partial charge in [-0.05, 0) is 34.1 Å². The lowest BCUT2D eigenvalue weighted by molar-refractivity contribution is -0.107. The van der Waals surface area contributed by atoms with Gasteiger partial charge >= 0.3 is 0 Å². The highest BCUT2D eigenvalue weighted by Crippen LogP contribution is 2.34. The maximum atomic E-state index is 5.96. The number of hydrogen-bond acceptors (Lipinski definition) is 5. The Morgan fingerprint density at radius 3 is 2.70 bits per heavy atom. The highest BCUT2D eigenvalue weighted by atomic mass is 79.9. The van der Waals surface area contributed by atoms with Crippen LogP contribution in [0, 0.1) is 0 Å². The molecule has 1 aliphatic rings. The molecule has 3 unspecified atom stereocenters. The van der Waals surface area contributed by atoms with Crippen LogP contribution in [0.5, 0.6) is 11.5 Å². The van der Waals surface area contributed by atoms with Crippen molar-refractivity contribution in [1.29, 1.82) is 0 Å². The molecule has 20 heavy (non-hydrogen) atoms. The number of halogens is 1. The largest absolute Gasteiger partial charge is 0.497 e. The van der Waals surface area contributed by atoms with E-state index >= 15 is 0 Å². The summed E-state index contributed by atoms with van der Waals surface area (Å²) < 4.78 is 22.6. The van der Waals surface area contributed by atoms with Crippen molar-refractivity contribution in [2.45, 2.75) is 24.7 Å². The van der Waals surface area contributed by atoms with Gasteiger partial charge in [-0.2, -0.15) is 0 Å². The number of ether oxygens (including phenoxy) is 4. The van der Waals surface area contributed by atoms with E-state index in [1.165, 1.54) is 0 Å². The summed E-state index contributed by atoms with van der Waals surface area (Å²) in [6.45, 7) is 1.08. The van der Waals surface area contributed by atoms with E-state index in [9.17, 15) is 0 Å². The van der Waals surface area contributed by atoms with Gasteiger partial charge in [-0.1, -0.05) is 0 Å². The molecule has 0 radical (unpaired) electrons. The third kappa shape index (κ3) is 3.63. The van der Waals surface area contributed by atoms with Gasteiger partial charge in [0.25, 0.3) is 0 Å². The zero-order chi connectivity index (χ0) is 14.5. The lowest BCUT2D eigenvalue weighted by atomic mass is 9.86. The smallest absolute Gasteiger partial charge is 0.134 e. The molecule has 0 aliphatic heterocycles. The van der Waals surface area contributed by atoms with E-state index in [4.69, 9.17) is 24.7 Å². The predicted molar refractivity (Wildman–Crippen MR) is 79.3 cm³/mol. The first-order chi connectivity index (χ1) is 9.65. The molecule has 1 fully saturated rings. The molecule has 1 aromatic carbocycles. The van der Waals surface area contributed by atoms with Crippen LogP contribution in [0.2, 0.25) is 0 Å². The van der Waals surface area contributed by atoms with Crippen LogP contribution < -0.4 is 15.2 Å². The second-order valence-corrected chi connectivity index (χ2v) is 5.53. The molecule has 0 heterocycles. The average molecular weight is 346 g/mol. The third-order valence-electron chi connectivity index (χ3n) is 3.31. The Morgan fingerprint density at radius 2 is 2.10 bits per heavy atom. The van der Waals surface area contributed by atoms with E-state index in [0.29, 0.717) is 13.2 Å². The van der Waals surface area contributed by atoms with E-state index < -0.39 is 0 Å². The first-order valence-electron chi connectivity index (χ1n) is 6.52. The molecule has 0 saturated heterocycles. The average Bonchev–Trinajstić information content (AvgIpc) is 2.44. The topological polar surface area (TPSA) is 62.9 Å². The minimum Gasteiger partial charge on any atom is -0.497 e. The molecule has 0 aromatic heterocycles. The van der Waals surface area contributed by atoms with E-state index in [2.05, 4.69) is 15.9 Å². The van der Waals surface area contributed by atoms with Crippen molar-refractivity contribution in [1.82, 2.24) is 0 Å². The maximum Gasteiger partial charge on any atom is 0.134 e. The lowest BCUT2D eigenvalue weighted by Gasteiger charge is -2.41. The van der Waals surface area contributed by atoms with Crippen LogP contribution in [-0.2, 0) is 9.47 Å². The number of methoxy groups -OCH3 is 2. The fourth-order valence-electron chi connectivity index (χ4n) is 2.10. The molecule has 1 aromatic rings. The fraction of sp³-hybridized carbons (Fsp3) is 0.571. The van der Waals surface area contributed by atoms with Crippen LogP contribution in [0.3, 0.4) is 0 Å². The monoisotopic (exact) mass is 345 g/mol. The van der Waals surface area contributed by atoms with Crippen molar-refractivity contribution >= 4 is 15.9 Å². The van der Waals surface area contributed by atoms with Gasteiger partial charge in [0.1, 0.15) is 23.7 Å². The normalized spacial score (nSPS) is 25.1. The summed E-state index contributed by atoms with van der Waals surface area (Å²) in [5, 5.41) is 0. The summed E-state index contributed by atoms with van der Waals surface area (Å²) in [6, 6.07) is 5.63. The van der Waals surface area contributed by atoms with Gasteiger partial charge in [-0.25, -0.2) is 0 Å². The minimum atomic E-state index is -0.0841. The molecule has 2 rings (SSSR count). The molecule has 6 heteroatoms. The first kappa shape index (κ1) is 15.6.